The lowest BCUT2D eigenvalue weighted by Crippen LogP contribution is -2.38. The minimum absolute atomic E-state index is 0.198. The number of halogens is 1. The molecule has 3 aromatic rings. The minimum Gasteiger partial charge on any atom is -0.268 e. The Morgan fingerprint density at radius 3 is 2.48 bits per heavy atom. The van der Waals surface area contributed by atoms with Crippen LogP contribution in [0.5, 0.6) is 0 Å². The molecule has 1 heterocycles. The van der Waals surface area contributed by atoms with E-state index in [4.69, 9.17) is 0 Å². The highest BCUT2D eigenvalue weighted by molar-refractivity contribution is 7.87. The average Bonchev–Trinajstić information content (AvgIpc) is 2.66. The molecule has 0 fully saturated rings. The first kappa shape index (κ1) is 19.2. The molecule has 142 valence electrons. The first-order valence-electron chi connectivity index (χ1n) is 8.42. The number of nitrogens with one attached hydrogen (secondary N) is 2. The van der Waals surface area contributed by atoms with Crippen molar-refractivity contribution in [2.24, 2.45) is 0 Å². The quantitative estimate of drug-likeness (QED) is 0.644. The summed E-state index contributed by atoms with van der Waals surface area (Å²) in [5.41, 5.74) is 0.495. The fraction of sp³-hybridized carbons (Fsp3) is 0.222. The molecule has 0 amide bonds. The zero-order valence-corrected chi connectivity index (χ0v) is 15.5. The molecule has 0 unspecified atom stereocenters. The van der Waals surface area contributed by atoms with Crippen molar-refractivity contribution in [2.75, 3.05) is 6.54 Å². The number of para-hydroxylation sites is 1. The summed E-state index contributed by atoms with van der Waals surface area (Å²) < 4.78 is 43.4. The summed E-state index contributed by atoms with van der Waals surface area (Å²) >= 11 is 0. The number of aromatic nitrogens is 2. The maximum atomic E-state index is 13.3. The molecule has 0 saturated heterocycles. The van der Waals surface area contributed by atoms with E-state index in [2.05, 4.69) is 14.4 Å². The van der Waals surface area contributed by atoms with Gasteiger partial charge in [-0.1, -0.05) is 19.1 Å². The van der Waals surface area contributed by atoms with Crippen molar-refractivity contribution >= 4 is 21.1 Å². The molecule has 27 heavy (non-hydrogen) atoms. The van der Waals surface area contributed by atoms with E-state index in [1.807, 2.05) is 6.92 Å². The van der Waals surface area contributed by atoms with Gasteiger partial charge in [-0.3, -0.25) is 9.36 Å². The van der Waals surface area contributed by atoms with Crippen LogP contribution in [-0.4, -0.2) is 24.5 Å². The molecular formula is C18H19FN4O3S. The summed E-state index contributed by atoms with van der Waals surface area (Å²) in [5.74, 6) is -0.237. The summed E-state index contributed by atoms with van der Waals surface area (Å²) in [6, 6.07) is 12.1. The Morgan fingerprint density at radius 2 is 1.78 bits per heavy atom. The number of hydrogen-bond acceptors (Lipinski definition) is 4. The Labute approximate surface area is 156 Å². The summed E-state index contributed by atoms with van der Waals surface area (Å²) in [7, 11) is -3.73. The van der Waals surface area contributed by atoms with E-state index in [0.29, 0.717) is 29.6 Å². The summed E-state index contributed by atoms with van der Waals surface area (Å²) in [5, 5.41) is 0.387. The smallest absolute Gasteiger partial charge is 0.268 e. The van der Waals surface area contributed by atoms with Gasteiger partial charge in [0, 0.05) is 6.54 Å². The Bertz CT molecular complexity index is 1110. The standard InChI is InChI=1S/C18H19FN4O3S/c1-2-11-20-27(25,26)21-12-17-22-16-6-4-3-5-15(16)18(24)23(17)14-9-7-13(19)8-10-14/h3-10,20-21H,2,11-12H2,1H3. The van der Waals surface area contributed by atoms with Crippen LogP contribution in [0.25, 0.3) is 16.6 Å². The highest BCUT2D eigenvalue weighted by atomic mass is 32.2. The van der Waals surface area contributed by atoms with Crippen molar-refractivity contribution in [1.29, 1.82) is 0 Å². The number of hydrogen-bond donors (Lipinski definition) is 2. The first-order chi connectivity index (χ1) is 12.9. The fourth-order valence-corrected chi connectivity index (χ4v) is 3.49. The average molecular weight is 390 g/mol. The lowest BCUT2D eigenvalue weighted by atomic mass is 10.2. The van der Waals surface area contributed by atoms with Crippen molar-refractivity contribution in [2.45, 2.75) is 19.9 Å². The molecule has 0 aliphatic rings. The topological polar surface area (TPSA) is 93.1 Å². The van der Waals surface area contributed by atoms with Gasteiger partial charge in [-0.15, -0.1) is 0 Å². The van der Waals surface area contributed by atoms with Crippen LogP contribution in [0.2, 0.25) is 0 Å². The molecule has 0 spiro atoms. The molecule has 7 nitrogen and oxygen atoms in total. The maximum absolute atomic E-state index is 13.3. The second-order valence-electron chi connectivity index (χ2n) is 5.88. The Hall–Kier alpha value is -2.62. The number of benzene rings is 2. The van der Waals surface area contributed by atoms with E-state index in [0.717, 1.165) is 0 Å². The van der Waals surface area contributed by atoms with Gasteiger partial charge in [-0.05, 0) is 42.8 Å². The third-order valence-electron chi connectivity index (χ3n) is 3.89. The van der Waals surface area contributed by atoms with Gasteiger partial charge in [0.25, 0.3) is 15.8 Å². The molecule has 9 heteroatoms. The van der Waals surface area contributed by atoms with Crippen molar-refractivity contribution in [3.05, 3.63) is 70.5 Å². The van der Waals surface area contributed by atoms with Crippen molar-refractivity contribution in [3.63, 3.8) is 0 Å². The first-order valence-corrected chi connectivity index (χ1v) is 9.90. The maximum Gasteiger partial charge on any atom is 0.277 e. The summed E-state index contributed by atoms with van der Waals surface area (Å²) in [6.07, 6.45) is 0.648. The Kier molecular flexibility index (Phi) is 5.64. The second kappa shape index (κ2) is 7.95. The highest BCUT2D eigenvalue weighted by Gasteiger charge is 2.15. The highest BCUT2D eigenvalue weighted by Crippen LogP contribution is 2.14. The van der Waals surface area contributed by atoms with Crippen LogP contribution in [-0.2, 0) is 16.8 Å². The van der Waals surface area contributed by atoms with E-state index in [-0.39, 0.29) is 17.9 Å². The van der Waals surface area contributed by atoms with Crippen LogP contribution in [0, 0.1) is 5.82 Å². The Morgan fingerprint density at radius 1 is 1.07 bits per heavy atom. The molecule has 0 saturated carbocycles. The number of nitrogens with zero attached hydrogens (tertiary/aromatic N) is 2. The van der Waals surface area contributed by atoms with Crippen LogP contribution in [0.15, 0.2) is 53.3 Å². The van der Waals surface area contributed by atoms with Gasteiger partial charge in [0.1, 0.15) is 11.6 Å². The zero-order valence-electron chi connectivity index (χ0n) is 14.6. The van der Waals surface area contributed by atoms with Crippen molar-refractivity contribution in [1.82, 2.24) is 19.0 Å². The molecule has 0 radical (unpaired) electrons. The zero-order chi connectivity index (χ0) is 19.4. The molecule has 3 rings (SSSR count). The second-order valence-corrected chi connectivity index (χ2v) is 7.47. The molecule has 2 N–H and O–H groups in total. The molecule has 0 bridgehead atoms. The molecular weight excluding hydrogens is 371 g/mol. The van der Waals surface area contributed by atoms with Gasteiger partial charge in [-0.25, -0.2) is 14.1 Å². The van der Waals surface area contributed by atoms with Crippen molar-refractivity contribution < 1.29 is 12.8 Å². The number of fused-ring (bicyclic) bond motifs is 1. The summed E-state index contributed by atoms with van der Waals surface area (Å²) in [6.45, 7) is 1.95. The van der Waals surface area contributed by atoms with E-state index < -0.39 is 16.0 Å². The lowest BCUT2D eigenvalue weighted by molar-refractivity contribution is 0.562. The van der Waals surface area contributed by atoms with Crippen LogP contribution in [0.3, 0.4) is 0 Å². The van der Waals surface area contributed by atoms with Gasteiger partial charge < -0.3 is 0 Å². The third kappa shape index (κ3) is 4.38. The van der Waals surface area contributed by atoms with E-state index in [1.54, 1.807) is 24.3 Å². The molecule has 0 aliphatic carbocycles. The minimum atomic E-state index is -3.73. The largest absolute Gasteiger partial charge is 0.277 e. The lowest BCUT2D eigenvalue weighted by Gasteiger charge is -2.14. The monoisotopic (exact) mass is 390 g/mol. The van der Waals surface area contributed by atoms with Crippen LogP contribution in [0.4, 0.5) is 4.39 Å². The van der Waals surface area contributed by atoms with Crippen LogP contribution < -0.4 is 15.0 Å². The SMILES string of the molecule is CCCNS(=O)(=O)NCc1nc2ccccc2c(=O)n1-c1ccc(F)cc1. The van der Waals surface area contributed by atoms with Crippen LogP contribution >= 0.6 is 0 Å². The van der Waals surface area contributed by atoms with Gasteiger partial charge in [-0.2, -0.15) is 13.1 Å². The molecule has 2 aromatic carbocycles. The van der Waals surface area contributed by atoms with Crippen molar-refractivity contribution in [3.8, 4) is 5.69 Å². The van der Waals surface area contributed by atoms with E-state index >= 15 is 0 Å². The Balaban J connectivity index is 2.08. The molecule has 0 atom stereocenters. The normalized spacial score (nSPS) is 11.8. The van der Waals surface area contributed by atoms with E-state index in [9.17, 15) is 17.6 Å². The van der Waals surface area contributed by atoms with E-state index in [1.165, 1.54) is 28.8 Å². The van der Waals surface area contributed by atoms with Gasteiger partial charge >= 0.3 is 0 Å². The third-order valence-corrected chi connectivity index (χ3v) is 5.00. The van der Waals surface area contributed by atoms with Gasteiger partial charge in [0.05, 0.1) is 23.1 Å². The fourth-order valence-electron chi connectivity index (χ4n) is 2.60. The number of rotatable bonds is 7. The molecule has 0 aliphatic heterocycles. The predicted octanol–water partition coefficient (Wildman–Crippen LogP) is 1.86. The molecule has 1 aromatic heterocycles. The van der Waals surface area contributed by atoms with Gasteiger partial charge in [0.15, 0.2) is 0 Å². The van der Waals surface area contributed by atoms with Crippen LogP contribution in [0.1, 0.15) is 19.2 Å². The predicted molar refractivity (Wildman–Crippen MR) is 101 cm³/mol. The summed E-state index contributed by atoms with van der Waals surface area (Å²) in [4.78, 5) is 17.4. The van der Waals surface area contributed by atoms with Gasteiger partial charge in [0.2, 0.25) is 0 Å².